The Kier molecular flexibility index (Phi) is 3.92. The Morgan fingerprint density at radius 1 is 1.00 bits per heavy atom. The Balaban J connectivity index is 1.31. The highest BCUT2D eigenvalue weighted by atomic mass is 16.5. The van der Waals surface area contributed by atoms with Crippen LogP contribution in [0.25, 0.3) is 5.52 Å². The van der Waals surface area contributed by atoms with Crippen LogP contribution in [0.1, 0.15) is 43.7 Å². The highest BCUT2D eigenvalue weighted by molar-refractivity contribution is 5.69. The lowest BCUT2D eigenvalue weighted by atomic mass is 9.83. The maximum atomic E-state index is 5.95. The van der Waals surface area contributed by atoms with E-state index in [2.05, 4.69) is 25.9 Å². The number of fused-ring (bicyclic) bond motifs is 1. The minimum absolute atomic E-state index is 0.179. The first kappa shape index (κ1) is 15.5. The van der Waals surface area contributed by atoms with Crippen molar-refractivity contribution in [1.82, 2.24) is 24.6 Å². The minimum atomic E-state index is 0.179. The summed E-state index contributed by atoms with van der Waals surface area (Å²) in [6.07, 6.45) is 14.7. The van der Waals surface area contributed by atoms with Crippen LogP contribution in [0.15, 0.2) is 37.1 Å². The van der Waals surface area contributed by atoms with Gasteiger partial charge in [-0.2, -0.15) is 5.10 Å². The third-order valence-corrected chi connectivity index (χ3v) is 5.48. The van der Waals surface area contributed by atoms with Crippen LogP contribution in [0.5, 0.6) is 5.88 Å². The molecule has 134 valence electrons. The predicted molar refractivity (Wildman–Crippen MR) is 97.5 cm³/mol. The molecule has 26 heavy (non-hydrogen) atoms. The number of nitrogens with zero attached hydrogens (tertiary/aromatic N) is 6. The lowest BCUT2D eigenvalue weighted by Gasteiger charge is -2.32. The molecule has 0 N–H and O–H groups in total. The molecule has 1 saturated carbocycles. The van der Waals surface area contributed by atoms with Gasteiger partial charge in [-0.3, -0.25) is 4.98 Å². The molecule has 1 aliphatic carbocycles. The monoisotopic (exact) mass is 350 g/mol. The minimum Gasteiger partial charge on any atom is -0.473 e. The molecule has 3 aromatic rings. The van der Waals surface area contributed by atoms with Gasteiger partial charge in [0.25, 0.3) is 0 Å². The van der Waals surface area contributed by atoms with Crippen LogP contribution in [0.4, 0.5) is 5.82 Å². The van der Waals surface area contributed by atoms with Crippen molar-refractivity contribution in [1.29, 1.82) is 0 Å². The van der Waals surface area contributed by atoms with Crippen molar-refractivity contribution < 1.29 is 4.74 Å². The van der Waals surface area contributed by atoms with Gasteiger partial charge in [0, 0.05) is 56.6 Å². The van der Waals surface area contributed by atoms with E-state index in [9.17, 15) is 0 Å². The van der Waals surface area contributed by atoms with Crippen LogP contribution in [0.2, 0.25) is 0 Å². The molecule has 1 saturated heterocycles. The normalized spacial score (nSPS) is 18.8. The van der Waals surface area contributed by atoms with Gasteiger partial charge in [-0.15, -0.1) is 0 Å². The number of hydrogen-bond acceptors (Lipinski definition) is 6. The zero-order valence-electron chi connectivity index (χ0n) is 14.7. The Hall–Kier alpha value is -2.70. The molecule has 0 spiro atoms. The van der Waals surface area contributed by atoms with E-state index in [0.29, 0.717) is 11.8 Å². The summed E-state index contributed by atoms with van der Waals surface area (Å²) in [5.41, 5.74) is 2.33. The van der Waals surface area contributed by atoms with Gasteiger partial charge in [-0.1, -0.05) is 6.42 Å². The van der Waals surface area contributed by atoms with Crippen LogP contribution in [0, 0.1) is 0 Å². The van der Waals surface area contributed by atoms with Gasteiger partial charge in [0.1, 0.15) is 11.6 Å². The number of hydrogen-bond donors (Lipinski definition) is 0. The molecular weight excluding hydrogens is 328 g/mol. The van der Waals surface area contributed by atoms with Gasteiger partial charge in [-0.25, -0.2) is 14.5 Å². The SMILES string of the molecule is c1cnc(OC2CCN(c3nccn4nc(C5CCC5)cc34)CC2)cn1. The van der Waals surface area contributed by atoms with E-state index < -0.39 is 0 Å². The molecule has 0 unspecified atom stereocenters. The third kappa shape index (κ3) is 2.87. The number of anilines is 1. The van der Waals surface area contributed by atoms with Gasteiger partial charge < -0.3 is 9.64 Å². The summed E-state index contributed by atoms with van der Waals surface area (Å²) in [7, 11) is 0. The van der Waals surface area contributed by atoms with Gasteiger partial charge in [0.2, 0.25) is 5.88 Å². The van der Waals surface area contributed by atoms with Crippen LogP contribution >= 0.6 is 0 Å². The van der Waals surface area contributed by atoms with Crippen molar-refractivity contribution >= 4 is 11.3 Å². The second kappa shape index (κ2) is 6.55. The van der Waals surface area contributed by atoms with E-state index >= 15 is 0 Å². The first-order chi connectivity index (χ1) is 12.9. The fourth-order valence-corrected chi connectivity index (χ4v) is 3.78. The average Bonchev–Trinajstić information content (AvgIpc) is 3.05. The van der Waals surface area contributed by atoms with E-state index in [4.69, 9.17) is 9.84 Å². The highest BCUT2D eigenvalue weighted by Crippen LogP contribution is 2.37. The van der Waals surface area contributed by atoms with Gasteiger partial charge in [-0.05, 0) is 18.9 Å². The van der Waals surface area contributed by atoms with Crippen LogP contribution in [0.3, 0.4) is 0 Å². The highest BCUT2D eigenvalue weighted by Gasteiger charge is 2.26. The van der Waals surface area contributed by atoms with E-state index in [1.54, 1.807) is 18.6 Å². The van der Waals surface area contributed by atoms with Gasteiger partial charge in [0.15, 0.2) is 5.82 Å². The van der Waals surface area contributed by atoms with Gasteiger partial charge in [0.05, 0.1) is 11.9 Å². The maximum Gasteiger partial charge on any atom is 0.232 e. The lowest BCUT2D eigenvalue weighted by Crippen LogP contribution is -2.39. The third-order valence-electron chi connectivity index (χ3n) is 5.48. The summed E-state index contributed by atoms with van der Waals surface area (Å²) in [6.45, 7) is 1.84. The molecule has 0 aromatic carbocycles. The van der Waals surface area contributed by atoms with Crippen LogP contribution in [-0.2, 0) is 0 Å². The van der Waals surface area contributed by atoms with Crippen molar-refractivity contribution in [3.8, 4) is 5.88 Å². The topological polar surface area (TPSA) is 68.4 Å². The van der Waals surface area contributed by atoms with E-state index in [1.807, 2.05) is 16.9 Å². The number of aromatic nitrogens is 5. The fourth-order valence-electron chi connectivity index (χ4n) is 3.78. The van der Waals surface area contributed by atoms with Gasteiger partial charge >= 0.3 is 0 Å². The van der Waals surface area contributed by atoms with E-state index in [-0.39, 0.29) is 6.10 Å². The smallest absolute Gasteiger partial charge is 0.232 e. The fraction of sp³-hybridized carbons (Fsp3) is 0.474. The number of piperidine rings is 1. The molecule has 2 aliphatic rings. The molecule has 7 heteroatoms. The standard InChI is InChI=1S/C19H22N6O/c1-2-14(3-1)16-12-17-19(22-8-11-25(17)23-16)24-9-4-15(5-10-24)26-18-13-20-6-7-21-18/h6-8,11-15H,1-5,9-10H2. The number of ether oxygens (including phenoxy) is 1. The summed E-state index contributed by atoms with van der Waals surface area (Å²) >= 11 is 0. The number of rotatable bonds is 4. The molecule has 0 bridgehead atoms. The molecule has 3 aromatic heterocycles. The van der Waals surface area contributed by atoms with Crippen molar-refractivity contribution in [2.75, 3.05) is 18.0 Å². The molecule has 5 rings (SSSR count). The average molecular weight is 350 g/mol. The second-order valence-electron chi connectivity index (χ2n) is 7.13. The Labute approximate surface area is 152 Å². The van der Waals surface area contributed by atoms with Crippen LogP contribution < -0.4 is 9.64 Å². The Bertz CT molecular complexity index is 883. The van der Waals surface area contributed by atoms with Crippen molar-refractivity contribution in [2.24, 2.45) is 0 Å². The summed E-state index contributed by atoms with van der Waals surface area (Å²) < 4.78 is 7.93. The lowest BCUT2D eigenvalue weighted by molar-refractivity contribution is 0.163. The van der Waals surface area contributed by atoms with Crippen molar-refractivity contribution in [3.63, 3.8) is 0 Å². The Morgan fingerprint density at radius 2 is 1.88 bits per heavy atom. The largest absolute Gasteiger partial charge is 0.473 e. The zero-order chi connectivity index (χ0) is 17.3. The van der Waals surface area contributed by atoms with E-state index in [1.165, 1.54) is 25.0 Å². The van der Waals surface area contributed by atoms with Crippen molar-refractivity contribution in [2.45, 2.75) is 44.1 Å². The molecule has 0 amide bonds. The maximum absolute atomic E-state index is 5.95. The zero-order valence-corrected chi connectivity index (χ0v) is 14.7. The Morgan fingerprint density at radius 3 is 2.62 bits per heavy atom. The molecule has 4 heterocycles. The van der Waals surface area contributed by atoms with Crippen molar-refractivity contribution in [3.05, 3.63) is 42.7 Å². The summed E-state index contributed by atoms with van der Waals surface area (Å²) in [5.74, 6) is 2.27. The quantitative estimate of drug-likeness (QED) is 0.721. The summed E-state index contributed by atoms with van der Waals surface area (Å²) in [6, 6.07) is 2.23. The molecular formula is C19H22N6O. The molecule has 0 atom stereocenters. The summed E-state index contributed by atoms with van der Waals surface area (Å²) in [5, 5.41) is 4.77. The first-order valence-corrected chi connectivity index (χ1v) is 9.39. The van der Waals surface area contributed by atoms with E-state index in [0.717, 1.165) is 37.3 Å². The molecule has 1 aliphatic heterocycles. The van der Waals surface area contributed by atoms with Crippen LogP contribution in [-0.4, -0.2) is 43.8 Å². The molecule has 7 nitrogen and oxygen atoms in total. The second-order valence-corrected chi connectivity index (χ2v) is 7.13. The summed E-state index contributed by atoms with van der Waals surface area (Å²) in [4.78, 5) is 15.3. The first-order valence-electron chi connectivity index (χ1n) is 9.39. The molecule has 2 fully saturated rings. The molecule has 0 radical (unpaired) electrons. The predicted octanol–water partition coefficient (Wildman–Crippen LogP) is 2.83.